The average Bonchev–Trinajstić information content (AvgIpc) is 2.80. The topological polar surface area (TPSA) is 83.5 Å². The number of hydrogen-bond acceptors (Lipinski definition) is 6. The first-order valence-electron chi connectivity index (χ1n) is 6.51. The first kappa shape index (κ1) is 13.2. The highest BCUT2D eigenvalue weighted by Crippen LogP contribution is 2.20. The van der Waals surface area contributed by atoms with Crippen LogP contribution in [0.2, 0.25) is 5.28 Å². The minimum atomic E-state index is -0.00154. The van der Waals surface area contributed by atoms with Gasteiger partial charge in [-0.15, -0.1) is 0 Å². The Morgan fingerprint density at radius 1 is 1.40 bits per heavy atom. The molecule has 0 bridgehead atoms. The maximum absolute atomic E-state index is 11.6. The average molecular weight is 299 g/mol. The highest BCUT2D eigenvalue weighted by atomic mass is 35.5. The quantitative estimate of drug-likeness (QED) is 0.854. The number of amides is 2. The van der Waals surface area contributed by atoms with E-state index in [0.717, 1.165) is 0 Å². The van der Waals surface area contributed by atoms with Crippen LogP contribution in [0.3, 0.4) is 0 Å². The molecular weight excluding hydrogens is 284 g/mol. The number of rotatable bonds is 3. The fraction of sp³-hybridized carbons (Fsp3) is 0.636. The van der Waals surface area contributed by atoms with Crippen LogP contribution in [0.25, 0.3) is 0 Å². The van der Waals surface area contributed by atoms with E-state index < -0.39 is 0 Å². The van der Waals surface area contributed by atoms with Crippen molar-refractivity contribution in [1.82, 2.24) is 25.2 Å². The molecule has 2 aliphatic rings. The monoisotopic (exact) mass is 298 g/mol. The number of fused-ring (bicyclic) bond motifs is 1. The number of carbonyl (C=O) groups excluding carboxylic acids is 1. The summed E-state index contributed by atoms with van der Waals surface area (Å²) in [6, 6.07) is 0.367. The van der Waals surface area contributed by atoms with Crippen molar-refractivity contribution in [2.45, 2.75) is 13.0 Å². The predicted molar refractivity (Wildman–Crippen MR) is 72.1 cm³/mol. The second kappa shape index (κ2) is 5.28. The molecule has 1 unspecified atom stereocenters. The lowest BCUT2D eigenvalue weighted by Gasteiger charge is -2.36. The van der Waals surface area contributed by atoms with E-state index in [-0.39, 0.29) is 23.4 Å². The molecule has 0 saturated carbocycles. The number of anilines is 1. The van der Waals surface area contributed by atoms with Crippen LogP contribution in [0.15, 0.2) is 0 Å². The molecule has 20 heavy (non-hydrogen) atoms. The largest absolute Gasteiger partial charge is 0.464 e. The van der Waals surface area contributed by atoms with E-state index in [0.29, 0.717) is 38.7 Å². The molecule has 0 aliphatic carbocycles. The fourth-order valence-corrected chi connectivity index (χ4v) is 2.59. The number of aromatic nitrogens is 3. The van der Waals surface area contributed by atoms with Gasteiger partial charge in [0.25, 0.3) is 0 Å². The SMILES string of the molecule is CCOc1nc(Cl)nc(N2CCN3C(=O)NCC3C2)n1. The first-order chi connectivity index (χ1) is 9.67. The predicted octanol–water partition coefficient (Wildman–Crippen LogP) is 0.137. The molecule has 8 nitrogen and oxygen atoms in total. The normalized spacial score (nSPS) is 21.7. The van der Waals surface area contributed by atoms with E-state index in [1.54, 1.807) is 0 Å². The van der Waals surface area contributed by atoms with Crippen molar-refractivity contribution in [3.63, 3.8) is 0 Å². The summed E-state index contributed by atoms with van der Waals surface area (Å²) in [6.07, 6.45) is 0. The Labute approximate surface area is 121 Å². The summed E-state index contributed by atoms with van der Waals surface area (Å²) >= 11 is 5.89. The number of urea groups is 1. The number of nitrogens with zero attached hydrogens (tertiary/aromatic N) is 5. The molecular formula is C11H15ClN6O2. The fourth-order valence-electron chi connectivity index (χ4n) is 2.44. The lowest BCUT2D eigenvalue weighted by molar-refractivity contribution is 0.197. The van der Waals surface area contributed by atoms with Crippen LogP contribution in [0.4, 0.5) is 10.7 Å². The molecule has 2 fully saturated rings. The molecule has 3 rings (SSSR count). The zero-order valence-electron chi connectivity index (χ0n) is 11.0. The number of ether oxygens (including phenoxy) is 1. The Bertz CT molecular complexity index is 528. The molecule has 108 valence electrons. The van der Waals surface area contributed by atoms with Gasteiger partial charge in [0.15, 0.2) is 0 Å². The van der Waals surface area contributed by atoms with Crippen molar-refractivity contribution < 1.29 is 9.53 Å². The maximum Gasteiger partial charge on any atom is 0.322 e. The van der Waals surface area contributed by atoms with E-state index in [9.17, 15) is 4.79 Å². The maximum atomic E-state index is 11.6. The van der Waals surface area contributed by atoms with Gasteiger partial charge in [0, 0.05) is 26.2 Å². The highest BCUT2D eigenvalue weighted by molar-refractivity contribution is 6.28. The molecule has 2 saturated heterocycles. The third-order valence-corrected chi connectivity index (χ3v) is 3.53. The number of carbonyl (C=O) groups is 1. The van der Waals surface area contributed by atoms with Gasteiger partial charge in [-0.2, -0.15) is 15.0 Å². The number of halogens is 1. The number of hydrogen-bond donors (Lipinski definition) is 1. The minimum Gasteiger partial charge on any atom is -0.464 e. The lowest BCUT2D eigenvalue weighted by atomic mass is 10.2. The van der Waals surface area contributed by atoms with Gasteiger partial charge in [-0.1, -0.05) is 0 Å². The third-order valence-electron chi connectivity index (χ3n) is 3.36. The lowest BCUT2D eigenvalue weighted by Crippen LogP contribution is -2.52. The van der Waals surface area contributed by atoms with Gasteiger partial charge in [0.1, 0.15) is 0 Å². The molecule has 2 aliphatic heterocycles. The standard InChI is InChI=1S/C11H15ClN6O2/c1-2-20-10-15-8(12)14-9(16-10)17-3-4-18-7(6-17)5-13-11(18)19/h7H,2-6H2,1H3,(H,13,19). The minimum absolute atomic E-state index is 0.00154. The van der Waals surface area contributed by atoms with Crippen LogP contribution >= 0.6 is 11.6 Å². The van der Waals surface area contributed by atoms with Crippen molar-refractivity contribution in [2.24, 2.45) is 0 Å². The van der Waals surface area contributed by atoms with E-state index in [2.05, 4.69) is 20.3 Å². The molecule has 1 atom stereocenters. The molecule has 1 aromatic rings. The van der Waals surface area contributed by atoms with Gasteiger partial charge in [-0.05, 0) is 18.5 Å². The third kappa shape index (κ3) is 2.43. The van der Waals surface area contributed by atoms with Crippen LogP contribution in [0.1, 0.15) is 6.92 Å². The van der Waals surface area contributed by atoms with Crippen molar-refractivity contribution in [1.29, 1.82) is 0 Å². The molecule has 0 radical (unpaired) electrons. The van der Waals surface area contributed by atoms with Crippen LogP contribution in [0, 0.1) is 0 Å². The first-order valence-corrected chi connectivity index (χ1v) is 6.89. The Kier molecular flexibility index (Phi) is 3.47. The van der Waals surface area contributed by atoms with Crippen molar-refractivity contribution in [3.8, 4) is 6.01 Å². The van der Waals surface area contributed by atoms with E-state index >= 15 is 0 Å². The molecule has 2 amide bonds. The van der Waals surface area contributed by atoms with Crippen LogP contribution in [-0.4, -0.2) is 64.7 Å². The molecule has 0 aromatic carbocycles. The van der Waals surface area contributed by atoms with Gasteiger partial charge in [-0.25, -0.2) is 4.79 Å². The van der Waals surface area contributed by atoms with Gasteiger partial charge in [0.2, 0.25) is 11.2 Å². The Hall–Kier alpha value is -1.83. The summed E-state index contributed by atoms with van der Waals surface area (Å²) in [5.41, 5.74) is 0. The van der Waals surface area contributed by atoms with Crippen molar-refractivity contribution in [3.05, 3.63) is 5.28 Å². The molecule has 1 N–H and O–H groups in total. The second-order valence-corrected chi connectivity index (χ2v) is 4.94. The van der Waals surface area contributed by atoms with Crippen LogP contribution < -0.4 is 15.0 Å². The zero-order chi connectivity index (χ0) is 14.1. The van der Waals surface area contributed by atoms with Crippen LogP contribution in [0.5, 0.6) is 6.01 Å². The summed E-state index contributed by atoms with van der Waals surface area (Å²) in [6.45, 7) is 4.94. The molecule has 1 aromatic heterocycles. The van der Waals surface area contributed by atoms with E-state index in [1.165, 1.54) is 0 Å². The summed E-state index contributed by atoms with van der Waals surface area (Å²) in [4.78, 5) is 27.7. The second-order valence-electron chi connectivity index (χ2n) is 4.60. The van der Waals surface area contributed by atoms with Gasteiger partial charge in [-0.3, -0.25) is 0 Å². The Morgan fingerprint density at radius 3 is 3.05 bits per heavy atom. The molecule has 0 spiro atoms. The van der Waals surface area contributed by atoms with E-state index in [1.807, 2.05) is 16.7 Å². The van der Waals surface area contributed by atoms with Crippen molar-refractivity contribution in [2.75, 3.05) is 37.7 Å². The summed E-state index contributed by atoms with van der Waals surface area (Å²) in [5.74, 6) is 0.493. The van der Waals surface area contributed by atoms with Gasteiger partial charge >= 0.3 is 12.0 Å². The smallest absolute Gasteiger partial charge is 0.322 e. The summed E-state index contributed by atoms with van der Waals surface area (Å²) in [7, 11) is 0. The highest BCUT2D eigenvalue weighted by Gasteiger charge is 2.36. The molecule has 3 heterocycles. The van der Waals surface area contributed by atoms with Gasteiger partial charge < -0.3 is 19.9 Å². The Balaban J connectivity index is 1.78. The number of piperazine rings is 1. The number of nitrogens with one attached hydrogen (secondary N) is 1. The molecule has 9 heteroatoms. The summed E-state index contributed by atoms with van der Waals surface area (Å²) < 4.78 is 5.27. The zero-order valence-corrected chi connectivity index (χ0v) is 11.8. The van der Waals surface area contributed by atoms with Gasteiger partial charge in [0.05, 0.1) is 12.6 Å². The Morgan fingerprint density at radius 2 is 2.25 bits per heavy atom. The summed E-state index contributed by atoms with van der Waals surface area (Å²) in [5, 5.41) is 2.95. The van der Waals surface area contributed by atoms with Crippen molar-refractivity contribution >= 4 is 23.6 Å². The van der Waals surface area contributed by atoms with Crippen LogP contribution in [-0.2, 0) is 0 Å². The van der Waals surface area contributed by atoms with E-state index in [4.69, 9.17) is 16.3 Å².